The molecule has 0 unspecified atom stereocenters. The minimum atomic E-state index is 1.19. The first kappa shape index (κ1) is 19.8. The lowest BCUT2D eigenvalue weighted by Gasteiger charge is -2.01. The number of allylic oxidation sites excluding steroid dienone is 5. The zero-order valence-corrected chi connectivity index (χ0v) is 13.9. The van der Waals surface area contributed by atoms with E-state index in [1.807, 2.05) is 18.2 Å². The van der Waals surface area contributed by atoms with Crippen LogP contribution in [0, 0.1) is 0 Å². The van der Waals surface area contributed by atoms with Crippen LogP contribution in [0.4, 0.5) is 0 Å². The van der Waals surface area contributed by atoms with Gasteiger partial charge in [-0.2, -0.15) is 0 Å². The van der Waals surface area contributed by atoms with Crippen molar-refractivity contribution in [1.29, 1.82) is 0 Å². The zero-order chi connectivity index (χ0) is 15.4. The van der Waals surface area contributed by atoms with Gasteiger partial charge in [-0.25, -0.2) is 0 Å². The molecule has 21 heavy (non-hydrogen) atoms. The van der Waals surface area contributed by atoms with Crippen LogP contribution in [0.25, 0.3) is 0 Å². The van der Waals surface area contributed by atoms with Crippen LogP contribution in [0.3, 0.4) is 0 Å². The SMILES string of the molecule is C=COC=CC=CC=CCCCCCCCCCCCC. The lowest BCUT2D eigenvalue weighted by atomic mass is 10.1. The Hall–Kier alpha value is -1.24. The first-order chi connectivity index (χ1) is 10.4. The molecular weight excluding hydrogens is 256 g/mol. The standard InChI is InChI=1S/C20H34O/c1-3-5-6-7-8-9-10-11-12-13-14-15-16-17-18-19-20-21-4-2/h4,15-20H,2-3,5-14H2,1H3. The van der Waals surface area contributed by atoms with Crippen LogP contribution < -0.4 is 0 Å². The molecule has 0 bridgehead atoms. The molecule has 0 radical (unpaired) electrons. The number of ether oxygens (including phenoxy) is 1. The average molecular weight is 290 g/mol. The molecule has 0 aromatic rings. The van der Waals surface area contributed by atoms with Gasteiger partial charge in [0.2, 0.25) is 0 Å². The summed E-state index contributed by atoms with van der Waals surface area (Å²) in [4.78, 5) is 0. The predicted octanol–water partition coefficient (Wildman–Crippen LogP) is 7.08. The molecule has 0 rings (SSSR count). The van der Waals surface area contributed by atoms with Crippen LogP contribution in [-0.4, -0.2) is 0 Å². The van der Waals surface area contributed by atoms with E-state index in [-0.39, 0.29) is 0 Å². The third kappa shape index (κ3) is 18.8. The minimum Gasteiger partial charge on any atom is -0.473 e. The first-order valence-corrected chi connectivity index (χ1v) is 8.66. The summed E-state index contributed by atoms with van der Waals surface area (Å²) in [5, 5.41) is 0. The molecule has 1 nitrogen and oxygen atoms in total. The molecule has 0 heterocycles. The third-order valence-electron chi connectivity index (χ3n) is 3.45. The van der Waals surface area contributed by atoms with Gasteiger partial charge in [0.15, 0.2) is 0 Å². The van der Waals surface area contributed by atoms with Crippen molar-refractivity contribution in [3.8, 4) is 0 Å². The van der Waals surface area contributed by atoms with Gasteiger partial charge in [0.25, 0.3) is 0 Å². The van der Waals surface area contributed by atoms with Crippen LogP contribution in [0.2, 0.25) is 0 Å². The molecule has 0 aliphatic carbocycles. The second-order valence-electron chi connectivity index (χ2n) is 5.41. The van der Waals surface area contributed by atoms with Crippen molar-refractivity contribution < 1.29 is 4.74 Å². The fraction of sp³-hybridized carbons (Fsp3) is 0.600. The maximum absolute atomic E-state index is 4.86. The molecule has 0 spiro atoms. The highest BCUT2D eigenvalue weighted by molar-refractivity contribution is 5.09. The highest BCUT2D eigenvalue weighted by atomic mass is 16.5. The molecule has 0 N–H and O–H groups in total. The average Bonchev–Trinajstić information content (AvgIpc) is 2.50. The van der Waals surface area contributed by atoms with Crippen molar-refractivity contribution in [2.75, 3.05) is 0 Å². The van der Waals surface area contributed by atoms with Crippen LogP contribution in [0.5, 0.6) is 0 Å². The Balaban J connectivity index is 3.19. The fourth-order valence-corrected chi connectivity index (χ4v) is 2.20. The minimum absolute atomic E-state index is 1.19. The Morgan fingerprint density at radius 1 is 0.714 bits per heavy atom. The summed E-state index contributed by atoms with van der Waals surface area (Å²) >= 11 is 0. The molecule has 0 aliphatic rings. The van der Waals surface area contributed by atoms with Crippen molar-refractivity contribution in [3.05, 3.63) is 49.5 Å². The normalized spacial score (nSPS) is 11.9. The van der Waals surface area contributed by atoms with E-state index in [0.717, 1.165) is 0 Å². The number of unbranched alkanes of at least 4 members (excludes halogenated alkanes) is 10. The van der Waals surface area contributed by atoms with Gasteiger partial charge in [-0.05, 0) is 18.9 Å². The second kappa shape index (κ2) is 18.8. The molecular formula is C20H34O. The summed E-state index contributed by atoms with van der Waals surface area (Å²) in [6.07, 6.45) is 28.4. The monoisotopic (exact) mass is 290 g/mol. The molecule has 0 atom stereocenters. The summed E-state index contributed by atoms with van der Waals surface area (Å²) in [5.41, 5.74) is 0. The quantitative estimate of drug-likeness (QED) is 0.178. The van der Waals surface area contributed by atoms with Gasteiger partial charge in [0, 0.05) is 0 Å². The van der Waals surface area contributed by atoms with E-state index in [1.165, 1.54) is 76.9 Å². The van der Waals surface area contributed by atoms with Gasteiger partial charge in [-0.15, -0.1) is 0 Å². The van der Waals surface area contributed by atoms with Gasteiger partial charge in [0.1, 0.15) is 0 Å². The molecule has 120 valence electrons. The van der Waals surface area contributed by atoms with Crippen molar-refractivity contribution >= 4 is 0 Å². The second-order valence-corrected chi connectivity index (χ2v) is 5.41. The Bertz CT molecular complexity index is 286. The highest BCUT2D eigenvalue weighted by Gasteiger charge is 1.91. The first-order valence-electron chi connectivity index (χ1n) is 8.66. The van der Waals surface area contributed by atoms with E-state index in [4.69, 9.17) is 4.74 Å². The van der Waals surface area contributed by atoms with E-state index in [0.29, 0.717) is 0 Å². The van der Waals surface area contributed by atoms with Gasteiger partial charge in [-0.1, -0.05) is 95.6 Å². The molecule has 0 fully saturated rings. The molecule has 0 aromatic carbocycles. The maximum Gasteiger partial charge on any atom is 0.0901 e. The fourth-order valence-electron chi connectivity index (χ4n) is 2.20. The van der Waals surface area contributed by atoms with Crippen LogP contribution in [0.15, 0.2) is 49.5 Å². The number of hydrogen-bond donors (Lipinski definition) is 0. The van der Waals surface area contributed by atoms with E-state index in [1.54, 1.807) is 6.26 Å². The van der Waals surface area contributed by atoms with Crippen molar-refractivity contribution in [1.82, 2.24) is 0 Å². The van der Waals surface area contributed by atoms with E-state index < -0.39 is 0 Å². The van der Waals surface area contributed by atoms with Crippen LogP contribution in [-0.2, 0) is 4.74 Å². The summed E-state index contributed by atoms with van der Waals surface area (Å²) < 4.78 is 4.86. The lowest BCUT2D eigenvalue weighted by molar-refractivity contribution is 0.405. The zero-order valence-electron chi connectivity index (χ0n) is 13.9. The Labute approximate surface area is 132 Å². The largest absolute Gasteiger partial charge is 0.473 e. The summed E-state index contributed by atoms with van der Waals surface area (Å²) in [5.74, 6) is 0. The summed E-state index contributed by atoms with van der Waals surface area (Å²) in [7, 11) is 0. The van der Waals surface area contributed by atoms with Gasteiger partial charge in [-0.3, -0.25) is 0 Å². The van der Waals surface area contributed by atoms with E-state index in [9.17, 15) is 0 Å². The van der Waals surface area contributed by atoms with Crippen molar-refractivity contribution in [2.24, 2.45) is 0 Å². The van der Waals surface area contributed by atoms with Gasteiger partial charge < -0.3 is 4.74 Å². The molecule has 0 amide bonds. The number of rotatable bonds is 15. The maximum atomic E-state index is 4.86. The third-order valence-corrected chi connectivity index (χ3v) is 3.45. The molecule has 0 saturated carbocycles. The van der Waals surface area contributed by atoms with E-state index in [2.05, 4.69) is 25.7 Å². The molecule has 0 aliphatic heterocycles. The Morgan fingerprint density at radius 3 is 1.90 bits per heavy atom. The highest BCUT2D eigenvalue weighted by Crippen LogP contribution is 2.11. The molecule has 0 aromatic heterocycles. The molecule has 0 saturated heterocycles. The molecule has 1 heteroatoms. The smallest absolute Gasteiger partial charge is 0.0901 e. The van der Waals surface area contributed by atoms with Crippen molar-refractivity contribution in [3.63, 3.8) is 0 Å². The predicted molar refractivity (Wildman–Crippen MR) is 95.2 cm³/mol. The summed E-state index contributed by atoms with van der Waals surface area (Å²) in [6, 6.07) is 0. The van der Waals surface area contributed by atoms with Crippen LogP contribution in [0.1, 0.15) is 77.6 Å². The van der Waals surface area contributed by atoms with Crippen LogP contribution >= 0.6 is 0 Å². The van der Waals surface area contributed by atoms with Gasteiger partial charge >= 0.3 is 0 Å². The topological polar surface area (TPSA) is 9.23 Å². The number of hydrogen-bond acceptors (Lipinski definition) is 1. The summed E-state index contributed by atoms with van der Waals surface area (Å²) in [6.45, 7) is 5.74. The Morgan fingerprint density at radius 2 is 1.29 bits per heavy atom. The Kier molecular flexibility index (Phi) is 17.7. The lowest BCUT2D eigenvalue weighted by Crippen LogP contribution is -1.81. The van der Waals surface area contributed by atoms with E-state index >= 15 is 0 Å². The van der Waals surface area contributed by atoms with Gasteiger partial charge in [0.05, 0.1) is 12.5 Å². The van der Waals surface area contributed by atoms with Crippen molar-refractivity contribution in [2.45, 2.75) is 77.6 Å².